The summed E-state index contributed by atoms with van der Waals surface area (Å²) in [6, 6.07) is 6.01. The van der Waals surface area contributed by atoms with Crippen molar-refractivity contribution in [2.24, 2.45) is 0 Å². The minimum Gasteiger partial charge on any atom is -0.398 e. The molecule has 1 aromatic carbocycles. The van der Waals surface area contributed by atoms with E-state index in [4.69, 9.17) is 10.5 Å². The molecule has 6 nitrogen and oxygen atoms in total. The van der Waals surface area contributed by atoms with Gasteiger partial charge in [0, 0.05) is 17.9 Å². The van der Waals surface area contributed by atoms with Crippen LogP contribution in [0, 0.1) is 6.92 Å². The molecule has 2 N–H and O–H groups in total. The van der Waals surface area contributed by atoms with E-state index in [2.05, 4.69) is 15.5 Å². The second kappa shape index (κ2) is 4.38. The van der Waals surface area contributed by atoms with Crippen LogP contribution in [0.15, 0.2) is 18.2 Å². The zero-order valence-electron chi connectivity index (χ0n) is 10.2. The normalized spacial score (nSPS) is 19.3. The van der Waals surface area contributed by atoms with Gasteiger partial charge in [-0.1, -0.05) is 12.1 Å². The fourth-order valence-corrected chi connectivity index (χ4v) is 2.32. The number of nitrogen functional groups attached to an aromatic ring is 1. The molecule has 1 saturated heterocycles. The molecule has 18 heavy (non-hydrogen) atoms. The maximum Gasteiger partial charge on any atom is 0.184 e. The van der Waals surface area contributed by atoms with Crippen LogP contribution in [0.3, 0.4) is 0 Å². The van der Waals surface area contributed by atoms with E-state index in [1.165, 1.54) is 0 Å². The molecule has 94 valence electrons. The molecule has 1 atom stereocenters. The van der Waals surface area contributed by atoms with Crippen molar-refractivity contribution >= 4 is 5.69 Å². The molecule has 1 aliphatic rings. The molecule has 1 aliphatic heterocycles. The third-order valence-electron chi connectivity index (χ3n) is 3.27. The van der Waals surface area contributed by atoms with Gasteiger partial charge in [-0.3, -0.25) is 0 Å². The highest BCUT2D eigenvalue weighted by Gasteiger charge is 2.24. The standard InChI is InChI=1S/C12H15N5O/c1-8-3-2-4-10(13)11(8)12-14-15-16-17(12)9-5-6-18-7-9/h2-4,9H,5-7,13H2,1H3. The Morgan fingerprint density at radius 2 is 2.33 bits per heavy atom. The summed E-state index contributed by atoms with van der Waals surface area (Å²) in [5, 5.41) is 12.0. The number of nitrogens with two attached hydrogens (primary N) is 1. The molecule has 2 heterocycles. The lowest BCUT2D eigenvalue weighted by Gasteiger charge is -2.13. The second-order valence-corrected chi connectivity index (χ2v) is 4.50. The van der Waals surface area contributed by atoms with E-state index in [0.29, 0.717) is 12.3 Å². The van der Waals surface area contributed by atoms with Gasteiger partial charge in [0.2, 0.25) is 0 Å². The first-order valence-electron chi connectivity index (χ1n) is 5.98. The monoisotopic (exact) mass is 245 g/mol. The highest BCUT2D eigenvalue weighted by molar-refractivity contribution is 5.74. The van der Waals surface area contributed by atoms with Crippen LogP contribution in [0.2, 0.25) is 0 Å². The number of aromatic nitrogens is 4. The van der Waals surface area contributed by atoms with Crippen molar-refractivity contribution in [3.63, 3.8) is 0 Å². The number of ether oxygens (including phenoxy) is 1. The molecule has 1 fully saturated rings. The van der Waals surface area contributed by atoms with Gasteiger partial charge in [0.1, 0.15) is 0 Å². The predicted molar refractivity (Wildman–Crippen MR) is 66.9 cm³/mol. The average Bonchev–Trinajstić information content (AvgIpc) is 2.98. The van der Waals surface area contributed by atoms with Crippen LogP contribution in [0.5, 0.6) is 0 Å². The van der Waals surface area contributed by atoms with E-state index in [1.807, 2.05) is 29.8 Å². The van der Waals surface area contributed by atoms with E-state index in [-0.39, 0.29) is 6.04 Å². The van der Waals surface area contributed by atoms with Crippen LogP contribution in [0.4, 0.5) is 5.69 Å². The van der Waals surface area contributed by atoms with Crippen LogP contribution in [-0.2, 0) is 4.74 Å². The van der Waals surface area contributed by atoms with Crippen molar-refractivity contribution in [2.75, 3.05) is 18.9 Å². The number of hydrogen-bond donors (Lipinski definition) is 1. The zero-order chi connectivity index (χ0) is 12.5. The molecular formula is C12H15N5O. The summed E-state index contributed by atoms with van der Waals surface area (Å²) in [5.41, 5.74) is 8.72. The number of hydrogen-bond acceptors (Lipinski definition) is 5. The molecule has 1 aromatic heterocycles. The van der Waals surface area contributed by atoms with E-state index < -0.39 is 0 Å². The number of rotatable bonds is 2. The van der Waals surface area contributed by atoms with E-state index in [1.54, 1.807) is 0 Å². The van der Waals surface area contributed by atoms with Crippen molar-refractivity contribution in [3.05, 3.63) is 23.8 Å². The maximum atomic E-state index is 6.04. The molecule has 0 bridgehead atoms. The molecule has 0 spiro atoms. The number of benzene rings is 1. The van der Waals surface area contributed by atoms with Crippen molar-refractivity contribution in [1.82, 2.24) is 20.2 Å². The van der Waals surface area contributed by atoms with Crippen molar-refractivity contribution in [3.8, 4) is 11.4 Å². The third kappa shape index (κ3) is 1.74. The predicted octanol–water partition coefficient (Wildman–Crippen LogP) is 1.19. The Hall–Kier alpha value is -1.95. The maximum absolute atomic E-state index is 6.04. The Balaban J connectivity index is 2.09. The van der Waals surface area contributed by atoms with Gasteiger partial charge in [-0.05, 0) is 35.4 Å². The number of nitrogens with zero attached hydrogens (tertiary/aromatic N) is 4. The summed E-state index contributed by atoms with van der Waals surface area (Å²) in [7, 11) is 0. The van der Waals surface area contributed by atoms with Crippen LogP contribution in [-0.4, -0.2) is 33.4 Å². The largest absolute Gasteiger partial charge is 0.398 e. The minimum absolute atomic E-state index is 0.203. The molecule has 6 heteroatoms. The van der Waals surface area contributed by atoms with Crippen molar-refractivity contribution < 1.29 is 4.74 Å². The third-order valence-corrected chi connectivity index (χ3v) is 3.27. The van der Waals surface area contributed by atoms with Gasteiger partial charge >= 0.3 is 0 Å². The molecule has 3 rings (SSSR count). The van der Waals surface area contributed by atoms with E-state index in [0.717, 1.165) is 30.0 Å². The smallest absolute Gasteiger partial charge is 0.184 e. The number of anilines is 1. The van der Waals surface area contributed by atoms with E-state index in [9.17, 15) is 0 Å². The lowest BCUT2D eigenvalue weighted by molar-refractivity contribution is 0.184. The molecule has 0 amide bonds. The molecule has 0 radical (unpaired) electrons. The molecule has 0 saturated carbocycles. The van der Waals surface area contributed by atoms with Gasteiger partial charge in [-0.25, -0.2) is 4.68 Å². The fraction of sp³-hybridized carbons (Fsp3) is 0.417. The Morgan fingerprint density at radius 1 is 1.44 bits per heavy atom. The lowest BCUT2D eigenvalue weighted by Crippen LogP contribution is -2.13. The van der Waals surface area contributed by atoms with Crippen LogP contribution in [0.25, 0.3) is 11.4 Å². The number of aryl methyl sites for hydroxylation is 1. The first-order valence-corrected chi connectivity index (χ1v) is 5.98. The Labute approximate surface area is 105 Å². The number of tetrazole rings is 1. The fourth-order valence-electron chi connectivity index (χ4n) is 2.32. The topological polar surface area (TPSA) is 78.9 Å². The SMILES string of the molecule is Cc1cccc(N)c1-c1nnnn1C1CCOC1. The summed E-state index contributed by atoms with van der Waals surface area (Å²) in [4.78, 5) is 0. The van der Waals surface area contributed by atoms with Gasteiger partial charge in [-0.2, -0.15) is 0 Å². The highest BCUT2D eigenvalue weighted by Crippen LogP contribution is 2.30. The molecule has 1 unspecified atom stereocenters. The summed E-state index contributed by atoms with van der Waals surface area (Å²) in [6.45, 7) is 3.42. The van der Waals surface area contributed by atoms with Gasteiger partial charge in [0.25, 0.3) is 0 Å². The van der Waals surface area contributed by atoms with Gasteiger partial charge < -0.3 is 10.5 Å². The summed E-state index contributed by atoms with van der Waals surface area (Å²) < 4.78 is 7.21. The first kappa shape index (κ1) is 11.2. The van der Waals surface area contributed by atoms with Gasteiger partial charge in [0.15, 0.2) is 5.82 Å². The Morgan fingerprint density at radius 3 is 3.06 bits per heavy atom. The quantitative estimate of drug-likeness (QED) is 0.804. The Bertz CT molecular complexity index is 539. The zero-order valence-corrected chi connectivity index (χ0v) is 10.2. The average molecular weight is 245 g/mol. The molecule has 2 aromatic rings. The van der Waals surface area contributed by atoms with Crippen LogP contribution >= 0.6 is 0 Å². The Kier molecular flexibility index (Phi) is 2.71. The van der Waals surface area contributed by atoms with Crippen LogP contribution < -0.4 is 5.73 Å². The van der Waals surface area contributed by atoms with Crippen LogP contribution in [0.1, 0.15) is 18.0 Å². The minimum atomic E-state index is 0.203. The van der Waals surface area contributed by atoms with E-state index >= 15 is 0 Å². The highest BCUT2D eigenvalue weighted by atomic mass is 16.5. The summed E-state index contributed by atoms with van der Waals surface area (Å²) in [6.07, 6.45) is 0.934. The lowest BCUT2D eigenvalue weighted by atomic mass is 10.1. The molecular weight excluding hydrogens is 230 g/mol. The van der Waals surface area contributed by atoms with Gasteiger partial charge in [0.05, 0.1) is 12.6 Å². The van der Waals surface area contributed by atoms with Gasteiger partial charge in [-0.15, -0.1) is 5.10 Å². The first-order chi connectivity index (χ1) is 8.77. The second-order valence-electron chi connectivity index (χ2n) is 4.50. The van der Waals surface area contributed by atoms with Crippen molar-refractivity contribution in [1.29, 1.82) is 0 Å². The molecule has 0 aliphatic carbocycles. The van der Waals surface area contributed by atoms with Crippen molar-refractivity contribution in [2.45, 2.75) is 19.4 Å². The summed E-state index contributed by atoms with van der Waals surface area (Å²) in [5.74, 6) is 0.723. The summed E-state index contributed by atoms with van der Waals surface area (Å²) >= 11 is 0.